The van der Waals surface area contributed by atoms with Crippen LogP contribution in [0.25, 0.3) is 0 Å². The first-order valence-corrected chi connectivity index (χ1v) is 6.83. The Hall–Kier alpha value is -2.02. The summed E-state index contributed by atoms with van der Waals surface area (Å²) in [5, 5.41) is 9.28. The smallest absolute Gasteiger partial charge is 0.128 e. The van der Waals surface area contributed by atoms with Crippen molar-refractivity contribution in [2.75, 3.05) is 6.61 Å². The van der Waals surface area contributed by atoms with Crippen LogP contribution in [0.2, 0.25) is 5.02 Å². The van der Waals surface area contributed by atoms with Crippen molar-refractivity contribution in [3.8, 4) is 17.6 Å². The molecule has 0 aliphatic rings. The molecule has 1 N–H and O–H groups in total. The fourth-order valence-corrected chi connectivity index (χ4v) is 1.91. The van der Waals surface area contributed by atoms with Crippen molar-refractivity contribution in [3.05, 3.63) is 64.4 Å². The van der Waals surface area contributed by atoms with Gasteiger partial charge in [0, 0.05) is 28.6 Å². The lowest BCUT2D eigenvalue weighted by atomic mass is 10.2. The van der Waals surface area contributed by atoms with Crippen molar-refractivity contribution in [2.45, 2.75) is 13.0 Å². The molecule has 2 nitrogen and oxygen atoms in total. The SMILES string of the molecule is OCCC#Cc1cc(F)cc(OCc2ccccc2Cl)c1. The number of aliphatic hydroxyl groups is 1. The summed E-state index contributed by atoms with van der Waals surface area (Å²) < 4.78 is 19.1. The van der Waals surface area contributed by atoms with Crippen LogP contribution in [0.5, 0.6) is 5.75 Å². The van der Waals surface area contributed by atoms with E-state index in [0.717, 1.165) is 5.56 Å². The second kappa shape index (κ2) is 7.68. The molecule has 21 heavy (non-hydrogen) atoms. The van der Waals surface area contributed by atoms with Crippen molar-refractivity contribution in [1.82, 2.24) is 0 Å². The average molecular weight is 305 g/mol. The van der Waals surface area contributed by atoms with E-state index in [1.165, 1.54) is 12.1 Å². The quantitative estimate of drug-likeness (QED) is 0.871. The van der Waals surface area contributed by atoms with Gasteiger partial charge < -0.3 is 9.84 Å². The molecule has 108 valence electrons. The second-order valence-electron chi connectivity index (χ2n) is 4.33. The maximum absolute atomic E-state index is 13.5. The predicted molar refractivity (Wildman–Crippen MR) is 80.8 cm³/mol. The Balaban J connectivity index is 2.10. The minimum atomic E-state index is -0.417. The molecule has 0 heterocycles. The molecule has 0 aliphatic carbocycles. The Bertz CT molecular complexity index is 674. The maximum Gasteiger partial charge on any atom is 0.128 e. The number of ether oxygens (including phenoxy) is 1. The first-order chi connectivity index (χ1) is 10.2. The monoisotopic (exact) mass is 304 g/mol. The Kier molecular flexibility index (Phi) is 5.62. The lowest BCUT2D eigenvalue weighted by Gasteiger charge is -2.08. The van der Waals surface area contributed by atoms with E-state index < -0.39 is 5.82 Å². The molecule has 0 amide bonds. The molecule has 0 saturated heterocycles. The number of aliphatic hydroxyl groups excluding tert-OH is 1. The number of halogens is 2. The summed E-state index contributed by atoms with van der Waals surface area (Å²) in [4.78, 5) is 0. The van der Waals surface area contributed by atoms with Gasteiger partial charge in [-0.25, -0.2) is 4.39 Å². The van der Waals surface area contributed by atoms with Gasteiger partial charge in [0.15, 0.2) is 0 Å². The highest BCUT2D eigenvalue weighted by Crippen LogP contribution is 2.20. The first-order valence-electron chi connectivity index (χ1n) is 6.45. The van der Waals surface area contributed by atoms with Crippen LogP contribution in [0, 0.1) is 17.7 Å². The number of rotatable bonds is 4. The minimum absolute atomic E-state index is 0.0157. The molecule has 4 heteroatoms. The van der Waals surface area contributed by atoms with Crippen LogP contribution in [-0.2, 0) is 6.61 Å². The summed E-state index contributed by atoms with van der Waals surface area (Å²) in [5.74, 6) is 5.50. The Morgan fingerprint density at radius 1 is 1.19 bits per heavy atom. The normalized spacial score (nSPS) is 9.86. The molecule has 0 atom stereocenters. The molecule has 0 bridgehead atoms. The lowest BCUT2D eigenvalue weighted by Crippen LogP contribution is -1.97. The number of hydrogen-bond donors (Lipinski definition) is 1. The third-order valence-electron chi connectivity index (χ3n) is 2.69. The van der Waals surface area contributed by atoms with Gasteiger partial charge in [-0.2, -0.15) is 0 Å². The summed E-state index contributed by atoms with van der Waals surface area (Å²) in [6, 6.07) is 11.6. The zero-order valence-corrected chi connectivity index (χ0v) is 12.0. The van der Waals surface area contributed by atoms with Crippen LogP contribution in [0.1, 0.15) is 17.5 Å². The van der Waals surface area contributed by atoms with Gasteiger partial charge in [0.2, 0.25) is 0 Å². The van der Waals surface area contributed by atoms with Crippen molar-refractivity contribution < 1.29 is 14.2 Å². The van der Waals surface area contributed by atoms with E-state index in [-0.39, 0.29) is 13.2 Å². The van der Waals surface area contributed by atoms with Gasteiger partial charge in [-0.15, -0.1) is 0 Å². The second-order valence-corrected chi connectivity index (χ2v) is 4.74. The largest absolute Gasteiger partial charge is 0.489 e. The standard InChI is InChI=1S/C17H14ClFO2/c18-17-7-2-1-6-14(17)12-21-16-10-13(5-3-4-8-20)9-15(19)11-16/h1-2,6-7,9-11,20H,4,8,12H2. The molecule has 0 aromatic heterocycles. The highest BCUT2D eigenvalue weighted by molar-refractivity contribution is 6.31. The van der Waals surface area contributed by atoms with Crippen molar-refractivity contribution in [2.24, 2.45) is 0 Å². The number of hydrogen-bond acceptors (Lipinski definition) is 2. The van der Waals surface area contributed by atoms with Gasteiger partial charge in [0.25, 0.3) is 0 Å². The van der Waals surface area contributed by atoms with Gasteiger partial charge in [0.1, 0.15) is 18.2 Å². The molecule has 2 aromatic carbocycles. The van der Waals surface area contributed by atoms with Crippen molar-refractivity contribution >= 4 is 11.6 Å². The topological polar surface area (TPSA) is 29.5 Å². The Morgan fingerprint density at radius 2 is 2.00 bits per heavy atom. The van der Waals surface area contributed by atoms with Gasteiger partial charge in [0.05, 0.1) is 6.61 Å². The van der Waals surface area contributed by atoms with Crippen molar-refractivity contribution in [1.29, 1.82) is 0 Å². The van der Waals surface area contributed by atoms with E-state index in [1.54, 1.807) is 12.1 Å². The Morgan fingerprint density at radius 3 is 2.76 bits per heavy atom. The van der Waals surface area contributed by atoms with Crippen LogP contribution < -0.4 is 4.74 Å². The fourth-order valence-electron chi connectivity index (χ4n) is 1.72. The molecule has 2 rings (SSSR count). The molecule has 0 unspecified atom stereocenters. The van der Waals surface area contributed by atoms with Gasteiger partial charge >= 0.3 is 0 Å². The average Bonchev–Trinajstić information content (AvgIpc) is 2.46. The zero-order valence-electron chi connectivity index (χ0n) is 11.3. The third-order valence-corrected chi connectivity index (χ3v) is 3.06. The van der Waals surface area contributed by atoms with E-state index in [0.29, 0.717) is 22.8 Å². The summed E-state index contributed by atoms with van der Waals surface area (Å²) in [6.07, 6.45) is 0.353. The van der Waals surface area contributed by atoms with Crippen LogP contribution in [0.3, 0.4) is 0 Å². The predicted octanol–water partition coefficient (Wildman–Crippen LogP) is 3.79. The summed E-state index contributed by atoms with van der Waals surface area (Å²) >= 11 is 6.04. The van der Waals surface area contributed by atoms with Crippen molar-refractivity contribution in [3.63, 3.8) is 0 Å². The van der Waals surface area contributed by atoms with Crippen LogP contribution in [0.15, 0.2) is 42.5 Å². The Labute approximate surface area is 128 Å². The highest BCUT2D eigenvalue weighted by atomic mass is 35.5. The van der Waals surface area contributed by atoms with E-state index in [1.807, 2.05) is 18.2 Å². The molecule has 2 aromatic rings. The van der Waals surface area contributed by atoms with Crippen LogP contribution in [-0.4, -0.2) is 11.7 Å². The number of benzene rings is 2. The molecule has 0 aliphatic heterocycles. The summed E-state index contributed by atoms with van der Waals surface area (Å²) in [5.41, 5.74) is 1.34. The summed E-state index contributed by atoms with van der Waals surface area (Å²) in [7, 11) is 0. The minimum Gasteiger partial charge on any atom is -0.489 e. The zero-order chi connectivity index (χ0) is 15.1. The first kappa shape index (κ1) is 15.4. The van der Waals surface area contributed by atoms with Crippen LogP contribution >= 0.6 is 11.6 Å². The van der Waals surface area contributed by atoms with Crippen LogP contribution in [0.4, 0.5) is 4.39 Å². The summed E-state index contributed by atoms with van der Waals surface area (Å²) in [6.45, 7) is 0.241. The highest BCUT2D eigenvalue weighted by Gasteiger charge is 2.03. The molecule has 0 spiro atoms. The molecular formula is C17H14ClFO2. The fraction of sp³-hybridized carbons (Fsp3) is 0.176. The van der Waals surface area contributed by atoms with E-state index in [9.17, 15) is 4.39 Å². The van der Waals surface area contributed by atoms with E-state index in [4.69, 9.17) is 21.4 Å². The van der Waals surface area contributed by atoms with Gasteiger partial charge in [-0.3, -0.25) is 0 Å². The lowest BCUT2D eigenvalue weighted by molar-refractivity contribution is 0.304. The van der Waals surface area contributed by atoms with E-state index in [2.05, 4.69) is 11.8 Å². The molecule has 0 radical (unpaired) electrons. The van der Waals surface area contributed by atoms with Gasteiger partial charge in [-0.05, 0) is 18.2 Å². The maximum atomic E-state index is 13.5. The van der Waals surface area contributed by atoms with Gasteiger partial charge in [-0.1, -0.05) is 41.6 Å². The molecule has 0 fully saturated rings. The van der Waals surface area contributed by atoms with E-state index >= 15 is 0 Å². The third kappa shape index (κ3) is 4.78. The molecular weight excluding hydrogens is 291 g/mol. The molecule has 0 saturated carbocycles.